The summed E-state index contributed by atoms with van der Waals surface area (Å²) in [6.07, 6.45) is 8.37. The van der Waals surface area contributed by atoms with E-state index in [9.17, 15) is 0 Å². The molecule has 5 heteroatoms. The molecule has 1 fully saturated rings. The Bertz CT molecular complexity index is 388. The fourth-order valence-corrected chi connectivity index (χ4v) is 2.87. The lowest BCUT2D eigenvalue weighted by atomic mass is 9.77. The summed E-state index contributed by atoms with van der Waals surface area (Å²) >= 11 is 1.63. The Balaban J connectivity index is 2.09. The van der Waals surface area contributed by atoms with Gasteiger partial charge in [-0.15, -0.1) is 11.8 Å². The zero-order chi connectivity index (χ0) is 13.0. The molecule has 1 aromatic heterocycles. The molecule has 0 saturated heterocycles. The first-order valence-corrected chi connectivity index (χ1v) is 7.74. The summed E-state index contributed by atoms with van der Waals surface area (Å²) in [6.45, 7) is 2.98. The fraction of sp³-hybridized carbons (Fsp3) is 0.692. The van der Waals surface area contributed by atoms with Gasteiger partial charge < -0.3 is 11.1 Å². The lowest BCUT2D eigenvalue weighted by Crippen LogP contribution is -2.48. The lowest BCUT2D eigenvalue weighted by Gasteiger charge is -2.39. The quantitative estimate of drug-likeness (QED) is 0.647. The van der Waals surface area contributed by atoms with Crippen LogP contribution in [0.15, 0.2) is 17.4 Å². The second-order valence-corrected chi connectivity index (χ2v) is 6.06. The van der Waals surface area contributed by atoms with Crippen molar-refractivity contribution in [3.8, 4) is 0 Å². The number of rotatable bonds is 4. The molecule has 0 bridgehead atoms. The maximum atomic E-state index is 5.99. The molecule has 0 spiro atoms. The van der Waals surface area contributed by atoms with Crippen LogP contribution in [0.3, 0.4) is 0 Å². The minimum Gasteiger partial charge on any atom is -0.363 e. The smallest absolute Gasteiger partial charge is 0.130 e. The predicted molar refractivity (Wildman–Crippen MR) is 76.9 cm³/mol. The van der Waals surface area contributed by atoms with Crippen molar-refractivity contribution in [3.63, 3.8) is 0 Å². The fourth-order valence-electron chi connectivity index (χ4n) is 2.49. The zero-order valence-electron chi connectivity index (χ0n) is 11.1. The molecule has 2 rings (SSSR count). The van der Waals surface area contributed by atoms with Crippen molar-refractivity contribution < 1.29 is 0 Å². The normalized spacial score (nSPS) is 28.1. The minimum absolute atomic E-state index is 0.0243. The molecule has 1 aliphatic carbocycles. The van der Waals surface area contributed by atoms with E-state index in [0.29, 0.717) is 6.54 Å². The standard InChI is InChI=1S/C13H22N4S/c1-10-3-5-13(8-14,6-4-10)17-11-7-12(18-2)16-9-15-11/h7,9-10H,3-6,8,14H2,1-2H3,(H,15,16,17). The van der Waals surface area contributed by atoms with Gasteiger partial charge in [-0.1, -0.05) is 6.92 Å². The van der Waals surface area contributed by atoms with Gasteiger partial charge in [0, 0.05) is 12.6 Å². The second-order valence-electron chi connectivity index (χ2n) is 5.24. The first kappa shape index (κ1) is 13.6. The SMILES string of the molecule is CSc1cc(NC2(CN)CCC(C)CC2)ncn1. The monoisotopic (exact) mass is 266 g/mol. The predicted octanol–water partition coefficient (Wildman–Crippen LogP) is 2.52. The van der Waals surface area contributed by atoms with Gasteiger partial charge in [0.1, 0.15) is 17.2 Å². The van der Waals surface area contributed by atoms with Gasteiger partial charge in [-0.05, 0) is 37.9 Å². The Morgan fingerprint density at radius 3 is 2.78 bits per heavy atom. The van der Waals surface area contributed by atoms with Crippen LogP contribution in [0.5, 0.6) is 0 Å². The highest BCUT2D eigenvalue weighted by molar-refractivity contribution is 7.98. The van der Waals surface area contributed by atoms with Gasteiger partial charge in [0.2, 0.25) is 0 Å². The summed E-state index contributed by atoms with van der Waals surface area (Å²) in [5.41, 5.74) is 6.02. The number of nitrogens with zero attached hydrogens (tertiary/aromatic N) is 2. The highest BCUT2D eigenvalue weighted by Gasteiger charge is 2.33. The summed E-state index contributed by atoms with van der Waals surface area (Å²) in [4.78, 5) is 8.49. The van der Waals surface area contributed by atoms with Crippen molar-refractivity contribution in [2.45, 2.75) is 43.2 Å². The average molecular weight is 266 g/mol. The summed E-state index contributed by atoms with van der Waals surface area (Å²) in [7, 11) is 0. The molecule has 100 valence electrons. The van der Waals surface area contributed by atoms with Gasteiger partial charge in [-0.25, -0.2) is 9.97 Å². The molecule has 4 nitrogen and oxygen atoms in total. The van der Waals surface area contributed by atoms with E-state index < -0.39 is 0 Å². The Kier molecular flexibility index (Phi) is 4.45. The van der Waals surface area contributed by atoms with Crippen LogP contribution < -0.4 is 11.1 Å². The average Bonchev–Trinajstić information content (AvgIpc) is 2.42. The van der Waals surface area contributed by atoms with E-state index in [-0.39, 0.29) is 5.54 Å². The topological polar surface area (TPSA) is 63.8 Å². The zero-order valence-corrected chi connectivity index (χ0v) is 12.0. The molecule has 1 heterocycles. The van der Waals surface area contributed by atoms with Crippen molar-refractivity contribution in [2.24, 2.45) is 11.7 Å². The van der Waals surface area contributed by atoms with Crippen LogP contribution in [0.4, 0.5) is 5.82 Å². The molecule has 0 unspecified atom stereocenters. The first-order chi connectivity index (χ1) is 8.67. The number of hydrogen-bond acceptors (Lipinski definition) is 5. The Morgan fingerprint density at radius 2 is 2.17 bits per heavy atom. The van der Waals surface area contributed by atoms with Crippen LogP contribution in [-0.4, -0.2) is 28.3 Å². The molecule has 3 N–H and O–H groups in total. The third-order valence-corrected chi connectivity index (χ3v) is 4.51. The lowest BCUT2D eigenvalue weighted by molar-refractivity contribution is 0.271. The molecule has 0 aliphatic heterocycles. The Labute approximate surface area is 113 Å². The third-order valence-electron chi connectivity index (χ3n) is 3.87. The van der Waals surface area contributed by atoms with Crippen molar-refractivity contribution >= 4 is 17.6 Å². The number of aromatic nitrogens is 2. The summed E-state index contributed by atoms with van der Waals surface area (Å²) in [5, 5.41) is 4.54. The van der Waals surface area contributed by atoms with Crippen molar-refractivity contribution in [2.75, 3.05) is 18.1 Å². The van der Waals surface area contributed by atoms with Gasteiger partial charge in [-0.2, -0.15) is 0 Å². The maximum absolute atomic E-state index is 5.99. The molecule has 18 heavy (non-hydrogen) atoms. The molecular weight excluding hydrogens is 244 g/mol. The third kappa shape index (κ3) is 3.14. The summed E-state index contributed by atoms with van der Waals surface area (Å²) < 4.78 is 0. The Hall–Kier alpha value is -0.810. The van der Waals surface area contributed by atoms with Crippen LogP contribution in [0.2, 0.25) is 0 Å². The van der Waals surface area contributed by atoms with Crippen molar-refractivity contribution in [1.29, 1.82) is 0 Å². The molecule has 0 amide bonds. The van der Waals surface area contributed by atoms with E-state index in [1.54, 1.807) is 18.1 Å². The maximum Gasteiger partial charge on any atom is 0.130 e. The second kappa shape index (κ2) is 5.89. The first-order valence-electron chi connectivity index (χ1n) is 6.52. The number of nitrogens with two attached hydrogens (primary N) is 1. The minimum atomic E-state index is 0.0243. The van der Waals surface area contributed by atoms with Crippen LogP contribution >= 0.6 is 11.8 Å². The van der Waals surface area contributed by atoms with Gasteiger partial charge >= 0.3 is 0 Å². The molecule has 1 aliphatic rings. The molecular formula is C13H22N4S. The molecule has 1 aromatic rings. The van der Waals surface area contributed by atoms with Crippen LogP contribution in [0.25, 0.3) is 0 Å². The summed E-state index contributed by atoms with van der Waals surface area (Å²) in [5.74, 6) is 1.72. The molecule has 0 aromatic carbocycles. The number of thioether (sulfide) groups is 1. The number of nitrogens with one attached hydrogen (secondary N) is 1. The van der Waals surface area contributed by atoms with Crippen LogP contribution in [-0.2, 0) is 0 Å². The largest absolute Gasteiger partial charge is 0.363 e. The van der Waals surface area contributed by atoms with E-state index >= 15 is 0 Å². The van der Waals surface area contributed by atoms with Crippen molar-refractivity contribution in [3.05, 3.63) is 12.4 Å². The highest BCUT2D eigenvalue weighted by atomic mass is 32.2. The highest BCUT2D eigenvalue weighted by Crippen LogP contribution is 2.33. The van der Waals surface area contributed by atoms with Gasteiger partial charge in [0.15, 0.2) is 0 Å². The van der Waals surface area contributed by atoms with Gasteiger partial charge in [0.25, 0.3) is 0 Å². The van der Waals surface area contributed by atoms with Crippen LogP contribution in [0, 0.1) is 5.92 Å². The van der Waals surface area contributed by atoms with Crippen molar-refractivity contribution in [1.82, 2.24) is 9.97 Å². The van der Waals surface area contributed by atoms with E-state index in [1.165, 1.54) is 12.8 Å². The number of hydrogen-bond donors (Lipinski definition) is 2. The van der Waals surface area contributed by atoms with E-state index in [0.717, 1.165) is 29.6 Å². The van der Waals surface area contributed by atoms with Crippen LogP contribution in [0.1, 0.15) is 32.6 Å². The molecule has 0 radical (unpaired) electrons. The molecule has 1 saturated carbocycles. The number of anilines is 1. The van der Waals surface area contributed by atoms with E-state index in [1.807, 2.05) is 12.3 Å². The van der Waals surface area contributed by atoms with E-state index in [4.69, 9.17) is 5.73 Å². The van der Waals surface area contributed by atoms with Gasteiger partial charge in [0.05, 0.1) is 5.54 Å². The molecule has 0 atom stereocenters. The Morgan fingerprint density at radius 1 is 1.44 bits per heavy atom. The van der Waals surface area contributed by atoms with Gasteiger partial charge in [-0.3, -0.25) is 0 Å². The summed E-state index contributed by atoms with van der Waals surface area (Å²) in [6, 6.07) is 2.00. The van der Waals surface area contributed by atoms with E-state index in [2.05, 4.69) is 22.2 Å².